The molecule has 0 saturated carbocycles. The second-order valence-electron chi connectivity index (χ2n) is 9.51. The van der Waals surface area contributed by atoms with Crippen molar-refractivity contribution < 1.29 is 9.22 Å². The molecule has 2 rings (SSSR count). The maximum Gasteiger partial charge on any atom is 0.228 e. The first kappa shape index (κ1) is 22.6. The Balaban J connectivity index is 2.32. The van der Waals surface area contributed by atoms with E-state index in [4.69, 9.17) is 4.43 Å². The van der Waals surface area contributed by atoms with Gasteiger partial charge in [0.15, 0.2) is 19.1 Å². The summed E-state index contributed by atoms with van der Waals surface area (Å²) in [5.41, 5.74) is -2.77. The first-order valence-electron chi connectivity index (χ1n) is 9.66. The van der Waals surface area contributed by atoms with Crippen molar-refractivity contribution in [3.8, 4) is 24.3 Å². The number of rotatable bonds is 4. The van der Waals surface area contributed by atoms with E-state index in [-0.39, 0.29) is 35.9 Å². The Morgan fingerprint density at radius 1 is 1.14 bits per heavy atom. The van der Waals surface area contributed by atoms with E-state index in [1.54, 1.807) is 6.08 Å². The zero-order valence-corrected chi connectivity index (χ0v) is 18.8. The lowest BCUT2D eigenvalue weighted by Crippen LogP contribution is -2.65. The maximum atomic E-state index is 12.4. The van der Waals surface area contributed by atoms with Crippen LogP contribution in [0.25, 0.3) is 0 Å². The van der Waals surface area contributed by atoms with Crippen LogP contribution in [0.15, 0.2) is 11.6 Å². The van der Waals surface area contributed by atoms with Crippen molar-refractivity contribution in [1.82, 2.24) is 5.32 Å². The van der Waals surface area contributed by atoms with Crippen molar-refractivity contribution in [2.75, 3.05) is 0 Å². The van der Waals surface area contributed by atoms with Gasteiger partial charge >= 0.3 is 0 Å². The molecule has 1 heterocycles. The van der Waals surface area contributed by atoms with E-state index in [9.17, 15) is 25.8 Å². The second kappa shape index (κ2) is 7.31. The molecule has 0 unspecified atom stereocenters. The van der Waals surface area contributed by atoms with Crippen molar-refractivity contribution in [1.29, 1.82) is 21.0 Å². The number of β-lactam (4-membered cyclic amide) rings is 1. The zero-order valence-electron chi connectivity index (χ0n) is 17.8. The van der Waals surface area contributed by atoms with Crippen molar-refractivity contribution in [3.63, 3.8) is 0 Å². The summed E-state index contributed by atoms with van der Waals surface area (Å²) in [5, 5.41) is 41.3. The summed E-state index contributed by atoms with van der Waals surface area (Å²) in [6.07, 6.45) is 1.34. The maximum absolute atomic E-state index is 12.4. The largest absolute Gasteiger partial charge is 0.413 e. The number of carbonyl (C=O) groups excluding carboxylic acids is 1. The lowest BCUT2D eigenvalue weighted by atomic mass is 9.57. The van der Waals surface area contributed by atoms with Crippen LogP contribution in [0.3, 0.4) is 0 Å². The molecule has 2 aliphatic rings. The smallest absolute Gasteiger partial charge is 0.228 e. The highest BCUT2D eigenvalue weighted by atomic mass is 28.4. The van der Waals surface area contributed by atoms with Crippen molar-refractivity contribution >= 4 is 14.2 Å². The highest BCUT2D eigenvalue weighted by molar-refractivity contribution is 6.74. The Morgan fingerprint density at radius 3 is 2.07 bits per heavy atom. The molecule has 1 aliphatic heterocycles. The van der Waals surface area contributed by atoms with E-state index in [1.165, 1.54) is 0 Å². The van der Waals surface area contributed by atoms with Gasteiger partial charge in [-0.2, -0.15) is 21.0 Å². The Hall–Kier alpha value is -2.65. The number of hydrogen-bond acceptors (Lipinski definition) is 6. The molecule has 1 saturated heterocycles. The zero-order chi connectivity index (χ0) is 22.3. The molecule has 8 heteroatoms. The third-order valence-electron chi connectivity index (χ3n) is 6.78. The van der Waals surface area contributed by atoms with Crippen molar-refractivity contribution in [2.24, 2.45) is 16.7 Å². The molecule has 7 nitrogen and oxygen atoms in total. The minimum Gasteiger partial charge on any atom is -0.413 e. The molecule has 1 fully saturated rings. The Labute approximate surface area is 173 Å². The molecule has 0 aromatic rings. The van der Waals surface area contributed by atoms with Gasteiger partial charge in [0.05, 0.1) is 42.3 Å². The molecule has 1 aliphatic carbocycles. The molecular formula is C21H27N5O2Si. The van der Waals surface area contributed by atoms with Gasteiger partial charge < -0.3 is 9.74 Å². The minimum absolute atomic E-state index is 0.00293. The van der Waals surface area contributed by atoms with Crippen molar-refractivity contribution in [3.05, 3.63) is 11.6 Å². The summed E-state index contributed by atoms with van der Waals surface area (Å²) in [5.74, 6) is -0.554. The SMILES string of the molecule is C[C@H](O[Si](C)(C)C(C)(C)C)[C@H]1C(=O)N[C@@H]1C1=CCC(C#N)(C#N)C(C#N)(C#N)C1. The van der Waals surface area contributed by atoms with Gasteiger partial charge in [-0.05, 0) is 30.6 Å². The van der Waals surface area contributed by atoms with E-state index < -0.39 is 25.1 Å². The Morgan fingerprint density at radius 2 is 1.66 bits per heavy atom. The van der Waals surface area contributed by atoms with E-state index >= 15 is 0 Å². The number of carbonyl (C=O) groups is 1. The number of hydrogen-bond donors (Lipinski definition) is 1. The average Bonchev–Trinajstić information content (AvgIpc) is 2.63. The van der Waals surface area contributed by atoms with Crippen LogP contribution < -0.4 is 5.32 Å². The summed E-state index contributed by atoms with van der Waals surface area (Å²) in [6, 6.07) is 7.26. The van der Waals surface area contributed by atoms with Crippen LogP contribution >= 0.6 is 0 Å². The van der Waals surface area contributed by atoms with Gasteiger partial charge in [0.1, 0.15) is 0 Å². The average molecular weight is 410 g/mol. The summed E-state index contributed by atoms with van der Waals surface area (Å²) >= 11 is 0. The molecule has 1 N–H and O–H groups in total. The summed E-state index contributed by atoms with van der Waals surface area (Å²) < 4.78 is 6.40. The number of amides is 1. The molecule has 1 amide bonds. The van der Waals surface area contributed by atoms with E-state index in [1.807, 2.05) is 31.2 Å². The van der Waals surface area contributed by atoms with Gasteiger partial charge in [0, 0.05) is 12.8 Å². The lowest BCUT2D eigenvalue weighted by molar-refractivity contribution is -0.138. The third kappa shape index (κ3) is 3.44. The van der Waals surface area contributed by atoms with Crippen LogP contribution in [0, 0.1) is 62.1 Å². The monoisotopic (exact) mass is 409 g/mol. The minimum atomic E-state index is -2.09. The standard InChI is InChI=1S/C21H27N5O2Si/c1-14(28-29(5,6)19(2,3)4)16-17(26-18(16)27)15-7-8-20(10-22,11-23)21(9-15,12-24)13-25/h7,14,16-17H,8-9H2,1-6H3,(H,26,27)/t14-,16+,17+/m0/s1. The highest BCUT2D eigenvalue weighted by Gasteiger charge is 2.59. The van der Waals surface area contributed by atoms with Crippen LogP contribution in [0.4, 0.5) is 0 Å². The first-order valence-corrected chi connectivity index (χ1v) is 12.6. The molecule has 0 spiro atoms. The fraction of sp³-hybridized carbons (Fsp3) is 0.667. The van der Waals surface area contributed by atoms with Gasteiger partial charge in [-0.1, -0.05) is 26.8 Å². The quantitative estimate of drug-likeness (QED) is 0.430. The van der Waals surface area contributed by atoms with Gasteiger partial charge in [-0.15, -0.1) is 0 Å². The predicted octanol–water partition coefficient (Wildman–Crippen LogP) is 3.30. The van der Waals surface area contributed by atoms with Gasteiger partial charge in [0.2, 0.25) is 5.91 Å². The van der Waals surface area contributed by atoms with Crippen LogP contribution in [0.5, 0.6) is 0 Å². The molecule has 0 bridgehead atoms. The normalized spacial score (nSPS) is 26.3. The molecule has 3 atom stereocenters. The lowest BCUT2D eigenvalue weighted by Gasteiger charge is -2.48. The van der Waals surface area contributed by atoms with Gasteiger partial charge in [-0.3, -0.25) is 4.79 Å². The number of nitrogens with zero attached hydrogens (tertiary/aromatic N) is 4. The predicted molar refractivity (Wildman–Crippen MR) is 108 cm³/mol. The topological polar surface area (TPSA) is 133 Å². The summed E-state index contributed by atoms with van der Waals surface area (Å²) in [7, 11) is -2.09. The molecule has 0 aromatic carbocycles. The first-order chi connectivity index (χ1) is 13.3. The molecule has 152 valence electrons. The van der Waals surface area contributed by atoms with Crippen LogP contribution in [-0.4, -0.2) is 26.4 Å². The highest BCUT2D eigenvalue weighted by Crippen LogP contribution is 2.51. The van der Waals surface area contributed by atoms with Crippen molar-refractivity contribution in [2.45, 2.75) is 70.8 Å². The fourth-order valence-corrected chi connectivity index (χ4v) is 5.17. The van der Waals surface area contributed by atoms with Gasteiger partial charge in [0.25, 0.3) is 0 Å². The number of allylic oxidation sites excluding steroid dienone is 1. The molecule has 0 aromatic heterocycles. The Bertz CT molecular complexity index is 876. The summed E-state index contributed by atoms with van der Waals surface area (Å²) in [6.45, 7) is 12.5. The van der Waals surface area contributed by atoms with Crippen LogP contribution in [0.1, 0.15) is 40.5 Å². The van der Waals surface area contributed by atoms with E-state index in [0.29, 0.717) is 5.57 Å². The number of nitriles is 4. The van der Waals surface area contributed by atoms with E-state index in [0.717, 1.165) is 0 Å². The molecule has 29 heavy (non-hydrogen) atoms. The molecule has 0 radical (unpaired) electrons. The van der Waals surface area contributed by atoms with Crippen LogP contribution in [-0.2, 0) is 9.22 Å². The third-order valence-corrected chi connectivity index (χ3v) is 11.4. The molecular weight excluding hydrogens is 382 g/mol. The number of nitrogens with one attached hydrogen (secondary N) is 1. The van der Waals surface area contributed by atoms with Gasteiger partial charge in [-0.25, -0.2) is 0 Å². The fourth-order valence-electron chi connectivity index (χ4n) is 3.74. The summed E-state index contributed by atoms with van der Waals surface area (Å²) in [4.78, 5) is 12.4. The Kier molecular flexibility index (Phi) is 5.70. The van der Waals surface area contributed by atoms with Crippen LogP contribution in [0.2, 0.25) is 18.1 Å². The van der Waals surface area contributed by atoms with E-state index in [2.05, 4.69) is 39.2 Å². The second-order valence-corrected chi connectivity index (χ2v) is 14.3.